The van der Waals surface area contributed by atoms with Gasteiger partial charge in [0.05, 0.1) is 7.11 Å². The Hall–Kier alpha value is -1.06. The lowest BCUT2D eigenvalue weighted by Crippen LogP contribution is -2.31. The molecule has 0 heterocycles. The Morgan fingerprint density at radius 2 is 1.79 bits per heavy atom. The number of benzene rings is 1. The van der Waals surface area contributed by atoms with E-state index in [4.69, 9.17) is 16.2 Å². The highest BCUT2D eigenvalue weighted by molar-refractivity contribution is 5.40. The molecule has 0 aliphatic carbocycles. The molecule has 1 aromatic carbocycles. The molecule has 4 N–H and O–H groups in total. The molecule has 108 valence electrons. The van der Waals surface area contributed by atoms with Crippen LogP contribution in [0.15, 0.2) is 18.2 Å². The third-order valence-corrected chi connectivity index (χ3v) is 3.85. The molecule has 2 atom stereocenters. The minimum atomic E-state index is -0.0200. The molecule has 0 amide bonds. The Labute approximate surface area is 117 Å². The van der Waals surface area contributed by atoms with E-state index in [9.17, 15) is 0 Å². The molecular weight excluding hydrogens is 236 g/mol. The van der Waals surface area contributed by atoms with Crippen molar-refractivity contribution in [2.24, 2.45) is 23.3 Å². The van der Waals surface area contributed by atoms with E-state index in [1.807, 2.05) is 6.07 Å². The first-order valence-corrected chi connectivity index (χ1v) is 7.05. The fraction of sp³-hybridized carbons (Fsp3) is 0.625. The molecule has 0 saturated heterocycles. The van der Waals surface area contributed by atoms with E-state index in [1.165, 1.54) is 5.56 Å². The van der Waals surface area contributed by atoms with Crippen LogP contribution in [0.2, 0.25) is 0 Å². The van der Waals surface area contributed by atoms with Gasteiger partial charge in [-0.25, -0.2) is 0 Å². The van der Waals surface area contributed by atoms with E-state index in [-0.39, 0.29) is 6.04 Å². The summed E-state index contributed by atoms with van der Waals surface area (Å²) in [4.78, 5) is 0. The molecule has 1 rings (SSSR count). The third kappa shape index (κ3) is 3.71. The monoisotopic (exact) mass is 264 g/mol. The predicted octanol–water partition coefficient (Wildman–Crippen LogP) is 3.05. The van der Waals surface area contributed by atoms with Gasteiger partial charge in [0.25, 0.3) is 0 Å². The first-order chi connectivity index (χ1) is 8.92. The van der Waals surface area contributed by atoms with E-state index in [2.05, 4.69) is 39.8 Å². The summed E-state index contributed by atoms with van der Waals surface area (Å²) in [6, 6.07) is 6.21. The van der Waals surface area contributed by atoms with E-state index >= 15 is 0 Å². The molecule has 0 aliphatic rings. The van der Waals surface area contributed by atoms with Crippen molar-refractivity contribution in [2.45, 2.75) is 39.7 Å². The summed E-state index contributed by atoms with van der Waals surface area (Å²) in [6.07, 6.45) is 0. The highest BCUT2D eigenvalue weighted by Gasteiger charge is 2.22. The van der Waals surface area contributed by atoms with Gasteiger partial charge >= 0.3 is 0 Å². The summed E-state index contributed by atoms with van der Waals surface area (Å²) >= 11 is 0. The zero-order valence-electron chi connectivity index (χ0n) is 12.8. The predicted molar refractivity (Wildman–Crippen MR) is 81.4 cm³/mol. The van der Waals surface area contributed by atoms with Gasteiger partial charge in [0.15, 0.2) is 0 Å². The van der Waals surface area contributed by atoms with Gasteiger partial charge in [-0.15, -0.1) is 0 Å². The summed E-state index contributed by atoms with van der Waals surface area (Å²) in [5, 5.41) is 0. The van der Waals surface area contributed by atoms with Crippen molar-refractivity contribution < 1.29 is 4.74 Å². The molecule has 0 aliphatic heterocycles. The largest absolute Gasteiger partial charge is 0.496 e. The second-order valence-electron chi connectivity index (χ2n) is 5.83. The number of nitrogens with two attached hydrogens (primary N) is 2. The summed E-state index contributed by atoms with van der Waals surface area (Å²) in [5.74, 6) is 2.12. The van der Waals surface area contributed by atoms with Gasteiger partial charge in [-0.05, 0) is 41.5 Å². The molecule has 0 saturated carbocycles. The van der Waals surface area contributed by atoms with Crippen LogP contribution in [0.25, 0.3) is 0 Å². The van der Waals surface area contributed by atoms with Gasteiger partial charge in [0.2, 0.25) is 0 Å². The molecule has 1 aromatic rings. The first-order valence-electron chi connectivity index (χ1n) is 7.05. The molecule has 0 aromatic heterocycles. The first kappa shape index (κ1) is 16.0. The minimum Gasteiger partial charge on any atom is -0.496 e. The maximum Gasteiger partial charge on any atom is 0.122 e. The van der Waals surface area contributed by atoms with E-state index in [0.717, 1.165) is 11.3 Å². The number of methoxy groups -OCH3 is 1. The van der Waals surface area contributed by atoms with Crippen LogP contribution in [0.3, 0.4) is 0 Å². The van der Waals surface area contributed by atoms with E-state index in [0.29, 0.717) is 24.3 Å². The average molecular weight is 264 g/mol. The summed E-state index contributed by atoms with van der Waals surface area (Å²) in [7, 11) is 1.71. The third-order valence-electron chi connectivity index (χ3n) is 3.85. The van der Waals surface area contributed by atoms with Crippen LogP contribution in [-0.2, 0) is 0 Å². The van der Waals surface area contributed by atoms with Crippen LogP contribution in [0.1, 0.15) is 50.8 Å². The molecule has 0 fully saturated rings. The standard InChI is InChI=1S/C16H28N2O/c1-10(2)13-8-12(6-7-15(13)19-5)16(18)14(9-17)11(3)4/h6-8,10-11,14,16H,9,17-18H2,1-5H3. The normalized spacial score (nSPS) is 14.8. The van der Waals surface area contributed by atoms with Crippen molar-refractivity contribution in [3.63, 3.8) is 0 Å². The topological polar surface area (TPSA) is 61.3 Å². The number of ether oxygens (including phenoxy) is 1. The van der Waals surface area contributed by atoms with Gasteiger partial charge < -0.3 is 16.2 Å². The smallest absolute Gasteiger partial charge is 0.122 e. The van der Waals surface area contributed by atoms with Crippen LogP contribution in [-0.4, -0.2) is 13.7 Å². The summed E-state index contributed by atoms with van der Waals surface area (Å²) in [6.45, 7) is 9.28. The summed E-state index contributed by atoms with van der Waals surface area (Å²) < 4.78 is 5.41. The van der Waals surface area contributed by atoms with E-state index in [1.54, 1.807) is 7.11 Å². The van der Waals surface area contributed by atoms with Crippen LogP contribution < -0.4 is 16.2 Å². The molecule has 19 heavy (non-hydrogen) atoms. The highest BCUT2D eigenvalue weighted by atomic mass is 16.5. The Morgan fingerprint density at radius 3 is 2.21 bits per heavy atom. The highest BCUT2D eigenvalue weighted by Crippen LogP contribution is 2.32. The van der Waals surface area contributed by atoms with Crippen LogP contribution >= 0.6 is 0 Å². The molecule has 0 radical (unpaired) electrons. The average Bonchev–Trinajstić information content (AvgIpc) is 2.38. The maximum atomic E-state index is 6.39. The van der Waals surface area contributed by atoms with Crippen molar-refractivity contribution >= 4 is 0 Å². The molecule has 3 nitrogen and oxygen atoms in total. The lowest BCUT2D eigenvalue weighted by molar-refractivity contribution is 0.330. The number of rotatable bonds is 6. The fourth-order valence-electron chi connectivity index (χ4n) is 2.49. The summed E-state index contributed by atoms with van der Waals surface area (Å²) in [5.41, 5.74) is 14.6. The second-order valence-corrected chi connectivity index (χ2v) is 5.83. The Kier molecular flexibility index (Phi) is 5.83. The zero-order chi connectivity index (χ0) is 14.6. The molecule has 0 spiro atoms. The van der Waals surface area contributed by atoms with Crippen molar-refractivity contribution in [1.82, 2.24) is 0 Å². The lowest BCUT2D eigenvalue weighted by atomic mass is 9.84. The Balaban J connectivity index is 3.10. The minimum absolute atomic E-state index is 0.0200. The maximum absolute atomic E-state index is 6.39. The van der Waals surface area contributed by atoms with Crippen molar-refractivity contribution in [3.05, 3.63) is 29.3 Å². The molecule has 3 heteroatoms. The molecule has 0 bridgehead atoms. The number of hydrogen-bond acceptors (Lipinski definition) is 3. The fourth-order valence-corrected chi connectivity index (χ4v) is 2.49. The SMILES string of the molecule is COc1ccc(C(N)C(CN)C(C)C)cc1C(C)C. The van der Waals surface area contributed by atoms with E-state index < -0.39 is 0 Å². The lowest BCUT2D eigenvalue weighted by Gasteiger charge is -2.27. The van der Waals surface area contributed by atoms with Crippen LogP contribution in [0, 0.1) is 11.8 Å². The van der Waals surface area contributed by atoms with Crippen LogP contribution in [0.4, 0.5) is 0 Å². The molecular formula is C16H28N2O. The van der Waals surface area contributed by atoms with Crippen molar-refractivity contribution in [2.75, 3.05) is 13.7 Å². The molecule has 2 unspecified atom stereocenters. The van der Waals surface area contributed by atoms with Gasteiger partial charge in [-0.1, -0.05) is 39.8 Å². The van der Waals surface area contributed by atoms with Gasteiger partial charge in [-0.2, -0.15) is 0 Å². The second kappa shape index (κ2) is 6.92. The quantitative estimate of drug-likeness (QED) is 0.830. The van der Waals surface area contributed by atoms with Crippen molar-refractivity contribution in [3.8, 4) is 5.75 Å². The van der Waals surface area contributed by atoms with Gasteiger partial charge in [0, 0.05) is 6.04 Å². The Bertz CT molecular complexity index is 402. The van der Waals surface area contributed by atoms with Crippen molar-refractivity contribution in [1.29, 1.82) is 0 Å². The number of hydrogen-bond donors (Lipinski definition) is 2. The van der Waals surface area contributed by atoms with Gasteiger partial charge in [-0.3, -0.25) is 0 Å². The van der Waals surface area contributed by atoms with Crippen LogP contribution in [0.5, 0.6) is 5.75 Å². The zero-order valence-corrected chi connectivity index (χ0v) is 12.8. The Morgan fingerprint density at radius 1 is 1.16 bits per heavy atom. The van der Waals surface area contributed by atoms with Gasteiger partial charge in [0.1, 0.15) is 5.75 Å².